The van der Waals surface area contributed by atoms with Crippen LogP contribution < -0.4 is 9.47 Å². The van der Waals surface area contributed by atoms with E-state index in [-0.39, 0.29) is 17.1 Å². The second-order valence-corrected chi connectivity index (χ2v) is 3.07. The maximum atomic E-state index is 11.1. The molecule has 0 bridgehead atoms. The molecule has 0 N–H and O–H groups in total. The molecule has 0 aliphatic rings. The topological polar surface area (TPSA) is 69.7 Å². The zero-order chi connectivity index (χ0) is 13.5. The van der Waals surface area contributed by atoms with Crippen molar-refractivity contribution in [2.24, 2.45) is 0 Å². The maximum Gasteiger partial charge on any atom is 0.335 e. The van der Waals surface area contributed by atoms with Gasteiger partial charge in [0.25, 0.3) is 0 Å². The Bertz CT molecular complexity index is 516. The van der Waals surface area contributed by atoms with Gasteiger partial charge in [-0.05, 0) is 18.2 Å². The lowest BCUT2D eigenvalue weighted by Crippen LogP contribution is -2.08. The number of hydrogen-bond acceptors (Lipinski definition) is 5. The lowest BCUT2D eigenvalue weighted by Gasteiger charge is -2.08. The van der Waals surface area contributed by atoms with Crippen molar-refractivity contribution in [3.05, 3.63) is 49.1 Å². The van der Waals surface area contributed by atoms with Crippen LogP contribution in [0.5, 0.6) is 11.5 Å². The van der Waals surface area contributed by atoms with Crippen molar-refractivity contribution in [2.45, 2.75) is 0 Å². The molecule has 0 heterocycles. The van der Waals surface area contributed by atoms with Crippen LogP contribution in [0.15, 0.2) is 43.5 Å². The Balaban J connectivity index is 3.10. The summed E-state index contributed by atoms with van der Waals surface area (Å²) in [7, 11) is 0. The highest BCUT2D eigenvalue weighted by atomic mass is 16.6. The number of hydrogen-bond donors (Lipinski definition) is 0. The minimum Gasteiger partial charge on any atom is -0.419 e. The SMILES string of the molecule is C=CC(=O)Oc1ccc(C=O)cc1OC(=O)C=C. The van der Waals surface area contributed by atoms with Crippen LogP contribution in [0.1, 0.15) is 10.4 Å². The smallest absolute Gasteiger partial charge is 0.335 e. The molecular formula is C13H10O5. The number of aldehydes is 1. The molecule has 0 amide bonds. The molecule has 0 fully saturated rings. The summed E-state index contributed by atoms with van der Waals surface area (Å²) in [6, 6.07) is 4.04. The van der Waals surface area contributed by atoms with Gasteiger partial charge in [0.2, 0.25) is 0 Å². The quantitative estimate of drug-likeness (QED) is 0.342. The Hall–Kier alpha value is -2.69. The van der Waals surface area contributed by atoms with E-state index in [9.17, 15) is 14.4 Å². The third-order valence-corrected chi connectivity index (χ3v) is 1.86. The normalized spacial score (nSPS) is 9.11. The summed E-state index contributed by atoms with van der Waals surface area (Å²) in [4.78, 5) is 32.8. The number of benzene rings is 1. The van der Waals surface area contributed by atoms with Crippen LogP contribution in [-0.4, -0.2) is 18.2 Å². The monoisotopic (exact) mass is 246 g/mol. The van der Waals surface area contributed by atoms with Crippen LogP contribution in [0.25, 0.3) is 0 Å². The van der Waals surface area contributed by atoms with E-state index < -0.39 is 11.9 Å². The zero-order valence-electron chi connectivity index (χ0n) is 9.42. The molecule has 0 atom stereocenters. The van der Waals surface area contributed by atoms with Crippen molar-refractivity contribution in [3.8, 4) is 11.5 Å². The molecular weight excluding hydrogens is 236 g/mol. The van der Waals surface area contributed by atoms with Crippen molar-refractivity contribution in [1.29, 1.82) is 0 Å². The van der Waals surface area contributed by atoms with Crippen LogP contribution in [-0.2, 0) is 9.59 Å². The summed E-state index contributed by atoms with van der Waals surface area (Å²) < 4.78 is 9.71. The Morgan fingerprint density at radius 1 is 1.00 bits per heavy atom. The van der Waals surface area contributed by atoms with Crippen LogP contribution >= 0.6 is 0 Å². The summed E-state index contributed by atoms with van der Waals surface area (Å²) in [5, 5.41) is 0. The minimum absolute atomic E-state index is 0.0145. The van der Waals surface area contributed by atoms with Gasteiger partial charge in [-0.25, -0.2) is 9.59 Å². The molecule has 92 valence electrons. The first-order valence-electron chi connectivity index (χ1n) is 4.88. The first-order chi connectivity index (χ1) is 8.60. The lowest BCUT2D eigenvalue weighted by molar-refractivity contribution is -0.131. The van der Waals surface area contributed by atoms with Crippen LogP contribution in [0.3, 0.4) is 0 Å². The number of carbonyl (C=O) groups is 3. The molecule has 0 saturated heterocycles. The molecule has 1 aromatic rings. The fourth-order valence-electron chi connectivity index (χ4n) is 1.06. The van der Waals surface area contributed by atoms with E-state index in [4.69, 9.17) is 9.47 Å². The van der Waals surface area contributed by atoms with Crippen molar-refractivity contribution in [1.82, 2.24) is 0 Å². The Morgan fingerprint density at radius 3 is 2.06 bits per heavy atom. The fourth-order valence-corrected chi connectivity index (χ4v) is 1.06. The van der Waals surface area contributed by atoms with Gasteiger partial charge in [-0.15, -0.1) is 0 Å². The van der Waals surface area contributed by atoms with Gasteiger partial charge in [-0.3, -0.25) is 4.79 Å². The van der Waals surface area contributed by atoms with Gasteiger partial charge in [0.05, 0.1) is 0 Å². The minimum atomic E-state index is -0.728. The molecule has 0 saturated carbocycles. The number of esters is 2. The number of carbonyl (C=O) groups excluding carboxylic acids is 3. The third-order valence-electron chi connectivity index (χ3n) is 1.86. The third kappa shape index (κ3) is 3.41. The highest BCUT2D eigenvalue weighted by Crippen LogP contribution is 2.28. The van der Waals surface area contributed by atoms with Gasteiger partial charge in [-0.1, -0.05) is 13.2 Å². The summed E-state index contributed by atoms with van der Waals surface area (Å²) in [5.74, 6) is -1.46. The molecule has 1 rings (SSSR count). The summed E-state index contributed by atoms with van der Waals surface area (Å²) in [5.41, 5.74) is 0.278. The number of rotatable bonds is 5. The van der Waals surface area contributed by atoms with Gasteiger partial charge in [0.1, 0.15) is 6.29 Å². The zero-order valence-corrected chi connectivity index (χ0v) is 9.42. The molecule has 1 aromatic carbocycles. The largest absolute Gasteiger partial charge is 0.419 e. The Morgan fingerprint density at radius 2 is 1.56 bits per heavy atom. The fraction of sp³-hybridized carbons (Fsp3) is 0. The van der Waals surface area contributed by atoms with Gasteiger partial charge in [-0.2, -0.15) is 0 Å². The van der Waals surface area contributed by atoms with E-state index in [1.165, 1.54) is 18.2 Å². The standard InChI is InChI=1S/C13H10O5/c1-3-12(15)17-10-6-5-9(8-14)7-11(10)18-13(16)4-2/h3-8H,1-2H2. The predicted molar refractivity (Wildman–Crippen MR) is 63.5 cm³/mol. The highest BCUT2D eigenvalue weighted by molar-refractivity contribution is 5.87. The average molecular weight is 246 g/mol. The second kappa shape index (κ2) is 6.15. The van der Waals surface area contributed by atoms with Crippen molar-refractivity contribution in [3.63, 3.8) is 0 Å². The average Bonchev–Trinajstić information content (AvgIpc) is 2.40. The summed E-state index contributed by atoms with van der Waals surface area (Å²) >= 11 is 0. The van der Waals surface area contributed by atoms with Gasteiger partial charge in [0, 0.05) is 17.7 Å². The molecule has 0 aliphatic carbocycles. The molecule has 0 aromatic heterocycles. The number of ether oxygens (including phenoxy) is 2. The summed E-state index contributed by atoms with van der Waals surface area (Å²) in [6.07, 6.45) is 2.49. The first-order valence-corrected chi connectivity index (χ1v) is 4.88. The highest BCUT2D eigenvalue weighted by Gasteiger charge is 2.12. The van der Waals surface area contributed by atoms with Crippen LogP contribution in [0, 0.1) is 0 Å². The van der Waals surface area contributed by atoms with Gasteiger partial charge >= 0.3 is 11.9 Å². The van der Waals surface area contributed by atoms with Gasteiger partial charge < -0.3 is 9.47 Å². The molecule has 0 radical (unpaired) electrons. The Kier molecular flexibility index (Phi) is 4.57. The van der Waals surface area contributed by atoms with E-state index in [0.29, 0.717) is 6.29 Å². The first kappa shape index (κ1) is 13.4. The molecule has 18 heavy (non-hydrogen) atoms. The van der Waals surface area contributed by atoms with E-state index >= 15 is 0 Å². The van der Waals surface area contributed by atoms with E-state index in [1.807, 2.05) is 0 Å². The van der Waals surface area contributed by atoms with Crippen LogP contribution in [0.2, 0.25) is 0 Å². The molecule has 5 nitrogen and oxygen atoms in total. The van der Waals surface area contributed by atoms with E-state index in [2.05, 4.69) is 13.2 Å². The van der Waals surface area contributed by atoms with E-state index in [0.717, 1.165) is 12.2 Å². The van der Waals surface area contributed by atoms with E-state index in [1.54, 1.807) is 0 Å². The summed E-state index contributed by atoms with van der Waals surface area (Å²) in [6.45, 7) is 6.48. The van der Waals surface area contributed by atoms with Crippen molar-refractivity contribution < 1.29 is 23.9 Å². The molecule has 0 aliphatic heterocycles. The Labute approximate surface area is 103 Å². The molecule has 5 heteroatoms. The van der Waals surface area contributed by atoms with Crippen LogP contribution in [0.4, 0.5) is 0 Å². The maximum absolute atomic E-state index is 11.1. The second-order valence-electron chi connectivity index (χ2n) is 3.07. The molecule has 0 spiro atoms. The van der Waals surface area contributed by atoms with Gasteiger partial charge in [0.15, 0.2) is 11.5 Å². The molecule has 0 unspecified atom stereocenters. The van der Waals surface area contributed by atoms with Crippen molar-refractivity contribution in [2.75, 3.05) is 0 Å². The predicted octanol–water partition coefficient (Wildman–Crippen LogP) is 1.68. The van der Waals surface area contributed by atoms with Crippen molar-refractivity contribution >= 4 is 18.2 Å². The lowest BCUT2D eigenvalue weighted by atomic mass is 10.2.